The monoisotopic (exact) mass is 452 g/mol. The van der Waals surface area contributed by atoms with Gasteiger partial charge in [-0.1, -0.05) is 13.8 Å². The van der Waals surface area contributed by atoms with Gasteiger partial charge in [0.1, 0.15) is 18.1 Å². The summed E-state index contributed by atoms with van der Waals surface area (Å²) in [6.45, 7) is 4.78. The van der Waals surface area contributed by atoms with Crippen LogP contribution in [0, 0.1) is 5.92 Å². The second kappa shape index (κ2) is 13.7. The minimum absolute atomic E-state index is 0.113. The van der Waals surface area contributed by atoms with E-state index in [0.29, 0.717) is 5.75 Å². The summed E-state index contributed by atoms with van der Waals surface area (Å²) in [7, 11) is 0. The normalized spacial score (nSPS) is 16.3. The second-order valence-electron chi connectivity index (χ2n) is 6.92. The van der Waals surface area contributed by atoms with Crippen molar-refractivity contribution in [3.8, 4) is 0 Å². The first-order chi connectivity index (χ1) is 13.5. The van der Waals surface area contributed by atoms with E-state index in [1.54, 1.807) is 13.8 Å². The summed E-state index contributed by atoms with van der Waals surface area (Å²) in [6, 6.07) is -4.47. The Labute approximate surface area is 180 Å². The Morgan fingerprint density at radius 3 is 1.97 bits per heavy atom. The topological polar surface area (TPSA) is 171 Å². The maximum atomic E-state index is 12.5. The minimum Gasteiger partial charge on any atom is -0.480 e. The van der Waals surface area contributed by atoms with Crippen LogP contribution >= 0.6 is 24.4 Å². The van der Waals surface area contributed by atoms with Crippen LogP contribution in [0.4, 0.5) is 0 Å². The third-order valence-corrected chi connectivity index (χ3v) is 5.13. The van der Waals surface area contributed by atoms with Crippen molar-refractivity contribution in [3.05, 3.63) is 0 Å². The molecule has 0 aromatic carbocycles. The fourth-order valence-corrected chi connectivity index (χ4v) is 2.91. The molecular formula is C17H32N4O6S2. The molecule has 0 aliphatic heterocycles. The Morgan fingerprint density at radius 1 is 1.00 bits per heavy atom. The Balaban J connectivity index is 5.12. The number of carbonyl (C=O) groups excluding carboxylic acids is 3. The minimum atomic E-state index is -1.34. The zero-order valence-corrected chi connectivity index (χ0v) is 18.8. The number of nitrogens with one attached hydrogen (secondary N) is 3. The van der Waals surface area contributed by atoms with E-state index in [-0.39, 0.29) is 18.1 Å². The quantitative estimate of drug-likeness (QED) is 0.167. The Bertz CT molecular complexity index is 576. The largest absolute Gasteiger partial charge is 0.480 e. The highest BCUT2D eigenvalue weighted by atomic mass is 32.2. The van der Waals surface area contributed by atoms with E-state index < -0.39 is 54.0 Å². The predicted octanol–water partition coefficient (Wildman–Crippen LogP) is -1.43. The summed E-state index contributed by atoms with van der Waals surface area (Å²) in [4.78, 5) is 48.3. The number of nitrogens with two attached hydrogens (primary N) is 1. The van der Waals surface area contributed by atoms with Crippen LogP contribution in [0.25, 0.3) is 0 Å². The standard InChI is InChI=1S/C17H32N4O6S2/c1-8(2)12(18)15(24)21-13(9(3)22)16(25)20-11(7-28)14(23)19-10(17(26)27)5-6-29-4/h8-13,22,28H,5-7,18H2,1-4H3,(H,19,23)(H,20,25)(H,21,24)(H,26,27). The molecular weight excluding hydrogens is 420 g/mol. The number of aliphatic hydroxyl groups is 1. The summed E-state index contributed by atoms with van der Waals surface area (Å²) in [5.74, 6) is -3.10. The third kappa shape index (κ3) is 9.70. The fourth-order valence-electron chi connectivity index (χ4n) is 2.18. The molecule has 12 heteroatoms. The van der Waals surface area contributed by atoms with Gasteiger partial charge in [0.15, 0.2) is 0 Å². The van der Waals surface area contributed by atoms with E-state index >= 15 is 0 Å². The molecule has 29 heavy (non-hydrogen) atoms. The maximum Gasteiger partial charge on any atom is 0.326 e. The van der Waals surface area contributed by atoms with Crippen LogP contribution in [0.1, 0.15) is 27.2 Å². The van der Waals surface area contributed by atoms with Crippen molar-refractivity contribution in [2.75, 3.05) is 17.8 Å². The molecule has 10 nitrogen and oxygen atoms in total. The molecule has 0 aromatic rings. The molecule has 0 rings (SSSR count). The molecule has 0 fully saturated rings. The van der Waals surface area contributed by atoms with E-state index in [2.05, 4.69) is 28.6 Å². The van der Waals surface area contributed by atoms with Crippen LogP contribution in [0.5, 0.6) is 0 Å². The molecule has 3 amide bonds. The van der Waals surface area contributed by atoms with Gasteiger partial charge in [0, 0.05) is 5.75 Å². The van der Waals surface area contributed by atoms with Crippen molar-refractivity contribution < 1.29 is 29.4 Å². The molecule has 5 atom stereocenters. The lowest BCUT2D eigenvalue weighted by molar-refractivity contribution is -0.142. The van der Waals surface area contributed by atoms with Gasteiger partial charge in [0.25, 0.3) is 0 Å². The number of carboxylic acids is 1. The first-order valence-electron chi connectivity index (χ1n) is 9.13. The van der Waals surface area contributed by atoms with Crippen LogP contribution in [0.3, 0.4) is 0 Å². The molecule has 0 spiro atoms. The zero-order valence-electron chi connectivity index (χ0n) is 17.0. The summed E-state index contributed by atoms with van der Waals surface area (Å²) in [5, 5.41) is 26.2. The van der Waals surface area contributed by atoms with Crippen molar-refractivity contribution in [2.24, 2.45) is 11.7 Å². The van der Waals surface area contributed by atoms with Crippen LogP contribution in [-0.2, 0) is 19.2 Å². The van der Waals surface area contributed by atoms with Crippen molar-refractivity contribution in [1.29, 1.82) is 0 Å². The highest BCUT2D eigenvalue weighted by Gasteiger charge is 2.32. The number of aliphatic carboxylic acids is 1. The number of aliphatic hydroxyl groups excluding tert-OH is 1. The van der Waals surface area contributed by atoms with Crippen LogP contribution < -0.4 is 21.7 Å². The Kier molecular flexibility index (Phi) is 13.0. The van der Waals surface area contributed by atoms with E-state index in [1.165, 1.54) is 18.7 Å². The number of thiol groups is 1. The molecule has 5 unspecified atom stereocenters. The van der Waals surface area contributed by atoms with E-state index in [1.807, 2.05) is 6.26 Å². The van der Waals surface area contributed by atoms with Gasteiger partial charge in [-0.3, -0.25) is 14.4 Å². The number of hydrogen-bond acceptors (Lipinski definition) is 8. The third-order valence-electron chi connectivity index (χ3n) is 4.12. The molecule has 0 radical (unpaired) electrons. The summed E-state index contributed by atoms with van der Waals surface area (Å²) in [5.41, 5.74) is 5.75. The van der Waals surface area contributed by atoms with Gasteiger partial charge in [0.2, 0.25) is 17.7 Å². The molecule has 0 bridgehead atoms. The van der Waals surface area contributed by atoms with Gasteiger partial charge in [-0.05, 0) is 31.3 Å². The molecule has 0 aliphatic rings. The zero-order chi connectivity index (χ0) is 22.7. The highest BCUT2D eigenvalue weighted by Crippen LogP contribution is 2.04. The summed E-state index contributed by atoms with van der Waals surface area (Å²) in [6.07, 6.45) is 0.775. The van der Waals surface area contributed by atoms with E-state index in [0.717, 1.165) is 0 Å². The number of carbonyl (C=O) groups is 4. The van der Waals surface area contributed by atoms with Gasteiger partial charge in [-0.25, -0.2) is 4.79 Å². The maximum absolute atomic E-state index is 12.5. The fraction of sp³-hybridized carbons (Fsp3) is 0.765. The molecule has 0 heterocycles. The number of thioether (sulfide) groups is 1. The SMILES string of the molecule is CSCCC(NC(=O)C(CS)NC(=O)C(NC(=O)C(N)C(C)C)C(C)O)C(=O)O. The Morgan fingerprint density at radius 2 is 1.55 bits per heavy atom. The number of amides is 3. The summed E-state index contributed by atoms with van der Waals surface area (Å²) < 4.78 is 0. The molecule has 7 N–H and O–H groups in total. The lowest BCUT2D eigenvalue weighted by Crippen LogP contribution is -2.60. The van der Waals surface area contributed by atoms with Gasteiger partial charge in [0.05, 0.1) is 12.1 Å². The average molecular weight is 453 g/mol. The average Bonchev–Trinajstić information content (AvgIpc) is 2.65. The van der Waals surface area contributed by atoms with Crippen molar-refractivity contribution in [1.82, 2.24) is 16.0 Å². The molecule has 0 saturated heterocycles. The van der Waals surface area contributed by atoms with Gasteiger partial charge < -0.3 is 31.9 Å². The predicted molar refractivity (Wildman–Crippen MR) is 115 cm³/mol. The number of rotatable bonds is 13. The lowest BCUT2D eigenvalue weighted by atomic mass is 10.0. The van der Waals surface area contributed by atoms with Gasteiger partial charge in [-0.2, -0.15) is 24.4 Å². The summed E-state index contributed by atoms with van der Waals surface area (Å²) >= 11 is 5.47. The molecule has 0 aliphatic carbocycles. The van der Waals surface area contributed by atoms with Crippen molar-refractivity contribution in [3.63, 3.8) is 0 Å². The van der Waals surface area contributed by atoms with E-state index in [9.17, 15) is 29.4 Å². The van der Waals surface area contributed by atoms with Crippen LogP contribution in [-0.4, -0.2) is 81.9 Å². The first kappa shape index (κ1) is 27.5. The van der Waals surface area contributed by atoms with E-state index in [4.69, 9.17) is 5.73 Å². The van der Waals surface area contributed by atoms with Gasteiger partial charge >= 0.3 is 5.97 Å². The lowest BCUT2D eigenvalue weighted by Gasteiger charge is -2.26. The molecule has 0 aromatic heterocycles. The molecule has 168 valence electrons. The van der Waals surface area contributed by atoms with Crippen molar-refractivity contribution in [2.45, 2.75) is 57.5 Å². The molecule has 0 saturated carbocycles. The van der Waals surface area contributed by atoms with Crippen molar-refractivity contribution >= 4 is 48.1 Å². The van der Waals surface area contributed by atoms with Crippen LogP contribution in [0.2, 0.25) is 0 Å². The Hall–Kier alpha value is -1.50. The van der Waals surface area contributed by atoms with Crippen LogP contribution in [0.15, 0.2) is 0 Å². The number of carboxylic acid groups (broad SMARTS) is 1. The smallest absolute Gasteiger partial charge is 0.326 e. The van der Waals surface area contributed by atoms with Gasteiger partial charge in [-0.15, -0.1) is 0 Å². The first-order valence-corrected chi connectivity index (χ1v) is 11.2. The second-order valence-corrected chi connectivity index (χ2v) is 8.27. The number of hydrogen-bond donors (Lipinski definition) is 7. The highest BCUT2D eigenvalue weighted by molar-refractivity contribution is 7.98.